The molecule has 0 bridgehead atoms. The van der Waals surface area contributed by atoms with Crippen LogP contribution >= 0.6 is 12.4 Å². The molecule has 1 aromatic heterocycles. The van der Waals surface area contributed by atoms with Crippen molar-refractivity contribution in [2.75, 3.05) is 0 Å². The minimum absolute atomic E-state index is 0. The third-order valence-electron chi connectivity index (χ3n) is 2.49. The zero-order valence-electron chi connectivity index (χ0n) is 10.6. The molecule has 0 fully saturated rings. The summed E-state index contributed by atoms with van der Waals surface area (Å²) in [6.07, 6.45) is 0.708. The Morgan fingerprint density at radius 3 is 2.47 bits per heavy atom. The molecule has 1 aromatic rings. The summed E-state index contributed by atoms with van der Waals surface area (Å²) in [4.78, 5) is 11.4. The maximum atomic E-state index is 11.4. The van der Waals surface area contributed by atoms with Crippen molar-refractivity contribution in [1.82, 2.24) is 10.5 Å². The molecule has 0 saturated heterocycles. The van der Waals surface area contributed by atoms with Gasteiger partial charge in [-0.2, -0.15) is 0 Å². The average molecular weight is 262 g/mol. The number of nitrogens with two attached hydrogens (primary N) is 1. The molecule has 5 nitrogen and oxygen atoms in total. The molecule has 1 rings (SSSR count). The first kappa shape index (κ1) is 15.9. The van der Waals surface area contributed by atoms with Crippen molar-refractivity contribution in [3.8, 4) is 0 Å². The maximum absolute atomic E-state index is 11.4. The third-order valence-corrected chi connectivity index (χ3v) is 2.49. The second kappa shape index (κ2) is 6.61. The Morgan fingerprint density at radius 1 is 1.47 bits per heavy atom. The number of carbonyl (C=O) groups excluding carboxylic acids is 1. The van der Waals surface area contributed by atoms with Gasteiger partial charge < -0.3 is 15.6 Å². The van der Waals surface area contributed by atoms with Crippen molar-refractivity contribution in [3.05, 3.63) is 17.0 Å². The Kier molecular flexibility index (Phi) is 6.20. The first-order chi connectivity index (χ1) is 7.41. The summed E-state index contributed by atoms with van der Waals surface area (Å²) >= 11 is 0. The molecule has 2 atom stereocenters. The van der Waals surface area contributed by atoms with Crippen LogP contribution in [0, 0.1) is 13.8 Å². The summed E-state index contributed by atoms with van der Waals surface area (Å²) in [7, 11) is 0. The van der Waals surface area contributed by atoms with Gasteiger partial charge in [0.15, 0.2) is 0 Å². The van der Waals surface area contributed by atoms with Gasteiger partial charge in [0.2, 0.25) is 5.91 Å². The smallest absolute Gasteiger partial charge is 0.236 e. The highest BCUT2D eigenvalue weighted by molar-refractivity contribution is 5.85. The van der Waals surface area contributed by atoms with Crippen LogP contribution in [0.1, 0.15) is 30.9 Å². The highest BCUT2D eigenvalue weighted by atomic mass is 35.5. The summed E-state index contributed by atoms with van der Waals surface area (Å²) in [5.74, 6) is 0.665. The summed E-state index contributed by atoms with van der Waals surface area (Å²) < 4.78 is 5.06. The van der Waals surface area contributed by atoms with Crippen molar-refractivity contribution in [1.29, 1.82) is 0 Å². The van der Waals surface area contributed by atoms with Crippen molar-refractivity contribution < 1.29 is 9.32 Å². The van der Waals surface area contributed by atoms with E-state index in [4.69, 9.17) is 10.3 Å². The van der Waals surface area contributed by atoms with E-state index >= 15 is 0 Å². The highest BCUT2D eigenvalue weighted by Crippen LogP contribution is 2.14. The molecule has 0 aliphatic rings. The molecule has 98 valence electrons. The minimum atomic E-state index is -0.480. The molecule has 0 saturated carbocycles. The molecule has 0 aromatic carbocycles. The fourth-order valence-electron chi connectivity index (χ4n) is 1.52. The zero-order valence-corrected chi connectivity index (χ0v) is 11.4. The number of nitrogens with one attached hydrogen (secondary N) is 1. The second-order valence-electron chi connectivity index (χ2n) is 4.21. The van der Waals surface area contributed by atoms with E-state index in [1.165, 1.54) is 0 Å². The SMILES string of the molecule is Cc1noc(C)c1CC(C)NC(=O)[C@@H](C)N.Cl. The normalized spacial score (nSPS) is 13.7. The van der Waals surface area contributed by atoms with E-state index in [2.05, 4.69) is 10.5 Å². The number of hydrogen-bond acceptors (Lipinski definition) is 4. The quantitative estimate of drug-likeness (QED) is 0.851. The Hall–Kier alpha value is -1.07. The molecular weight excluding hydrogens is 242 g/mol. The standard InChI is InChI=1S/C11H19N3O2.ClH/c1-6(13-11(15)7(2)12)5-10-8(3)14-16-9(10)4;/h6-7H,5,12H2,1-4H3,(H,13,15);1H/t6?,7-;/m1./s1. The van der Waals surface area contributed by atoms with Crippen molar-refractivity contribution in [3.63, 3.8) is 0 Å². The lowest BCUT2D eigenvalue weighted by Crippen LogP contribution is -2.43. The van der Waals surface area contributed by atoms with Gasteiger partial charge in [0.25, 0.3) is 0 Å². The lowest BCUT2D eigenvalue weighted by molar-refractivity contribution is -0.122. The van der Waals surface area contributed by atoms with Crippen LogP contribution in [0.15, 0.2) is 4.52 Å². The van der Waals surface area contributed by atoms with Gasteiger partial charge in [0.05, 0.1) is 11.7 Å². The molecule has 3 N–H and O–H groups in total. The van der Waals surface area contributed by atoms with Crippen LogP contribution in [-0.2, 0) is 11.2 Å². The molecule has 0 aliphatic carbocycles. The van der Waals surface area contributed by atoms with Crippen molar-refractivity contribution in [2.45, 2.75) is 46.2 Å². The van der Waals surface area contributed by atoms with E-state index in [1.54, 1.807) is 6.92 Å². The minimum Gasteiger partial charge on any atom is -0.361 e. The van der Waals surface area contributed by atoms with Gasteiger partial charge in [-0.25, -0.2) is 0 Å². The van der Waals surface area contributed by atoms with E-state index < -0.39 is 6.04 Å². The second-order valence-corrected chi connectivity index (χ2v) is 4.21. The van der Waals surface area contributed by atoms with Crippen LogP contribution in [0.2, 0.25) is 0 Å². The average Bonchev–Trinajstić information content (AvgIpc) is 2.49. The molecule has 17 heavy (non-hydrogen) atoms. The van der Waals surface area contributed by atoms with Gasteiger partial charge in [0.1, 0.15) is 5.76 Å². The summed E-state index contributed by atoms with van der Waals surface area (Å²) in [5.41, 5.74) is 7.40. The number of carbonyl (C=O) groups is 1. The number of amides is 1. The van der Waals surface area contributed by atoms with E-state index in [0.717, 1.165) is 17.0 Å². The van der Waals surface area contributed by atoms with Crippen LogP contribution in [0.4, 0.5) is 0 Å². The van der Waals surface area contributed by atoms with E-state index in [1.807, 2.05) is 20.8 Å². The van der Waals surface area contributed by atoms with Crippen LogP contribution in [0.25, 0.3) is 0 Å². The van der Waals surface area contributed by atoms with Crippen LogP contribution in [-0.4, -0.2) is 23.1 Å². The molecule has 1 heterocycles. The highest BCUT2D eigenvalue weighted by Gasteiger charge is 2.15. The zero-order chi connectivity index (χ0) is 12.3. The topological polar surface area (TPSA) is 81.2 Å². The van der Waals surface area contributed by atoms with Gasteiger partial charge in [-0.05, 0) is 34.1 Å². The molecule has 6 heteroatoms. The van der Waals surface area contributed by atoms with Crippen LogP contribution in [0.3, 0.4) is 0 Å². The number of nitrogens with zero attached hydrogens (tertiary/aromatic N) is 1. The molecule has 1 unspecified atom stereocenters. The molecule has 0 aliphatic heterocycles. The van der Waals surface area contributed by atoms with Gasteiger partial charge in [-0.3, -0.25) is 4.79 Å². The van der Waals surface area contributed by atoms with E-state index in [0.29, 0.717) is 6.42 Å². The fraction of sp³-hybridized carbons (Fsp3) is 0.636. The number of aryl methyl sites for hydroxylation is 2. The number of halogens is 1. The first-order valence-electron chi connectivity index (χ1n) is 5.39. The number of hydrogen-bond donors (Lipinski definition) is 2. The maximum Gasteiger partial charge on any atom is 0.236 e. The van der Waals surface area contributed by atoms with E-state index in [9.17, 15) is 4.79 Å². The molecule has 1 amide bonds. The molecular formula is C11H20ClN3O2. The Bertz CT molecular complexity index is 357. The van der Waals surface area contributed by atoms with Gasteiger partial charge >= 0.3 is 0 Å². The Labute approximate surface area is 108 Å². The predicted molar refractivity (Wildman–Crippen MR) is 68.2 cm³/mol. The van der Waals surface area contributed by atoms with Gasteiger partial charge in [-0.1, -0.05) is 5.16 Å². The summed E-state index contributed by atoms with van der Waals surface area (Å²) in [6, 6.07) is -0.456. The third kappa shape index (κ3) is 4.36. The number of rotatable bonds is 4. The monoisotopic (exact) mass is 261 g/mol. The van der Waals surface area contributed by atoms with E-state index in [-0.39, 0.29) is 24.4 Å². The number of aromatic nitrogens is 1. The first-order valence-corrected chi connectivity index (χ1v) is 5.39. The lowest BCUT2D eigenvalue weighted by atomic mass is 10.1. The van der Waals surface area contributed by atoms with Gasteiger partial charge in [-0.15, -0.1) is 12.4 Å². The van der Waals surface area contributed by atoms with Crippen molar-refractivity contribution in [2.24, 2.45) is 5.73 Å². The van der Waals surface area contributed by atoms with Gasteiger partial charge in [0, 0.05) is 11.6 Å². The predicted octanol–water partition coefficient (Wildman–Crippen LogP) is 1.11. The van der Waals surface area contributed by atoms with Crippen LogP contribution < -0.4 is 11.1 Å². The Morgan fingerprint density at radius 2 is 2.06 bits per heavy atom. The molecule has 0 spiro atoms. The lowest BCUT2D eigenvalue weighted by Gasteiger charge is -2.15. The Balaban J connectivity index is 0.00000256. The summed E-state index contributed by atoms with van der Waals surface area (Å²) in [5, 5.41) is 6.71. The van der Waals surface area contributed by atoms with Crippen LogP contribution in [0.5, 0.6) is 0 Å². The molecule has 0 radical (unpaired) electrons. The largest absolute Gasteiger partial charge is 0.361 e. The fourth-order valence-corrected chi connectivity index (χ4v) is 1.52. The summed E-state index contributed by atoms with van der Waals surface area (Å²) in [6.45, 7) is 7.37. The van der Waals surface area contributed by atoms with Crippen molar-refractivity contribution >= 4 is 18.3 Å².